The van der Waals surface area contributed by atoms with E-state index in [4.69, 9.17) is 23.2 Å². The normalized spacial score (nSPS) is 10.7. The summed E-state index contributed by atoms with van der Waals surface area (Å²) in [7, 11) is 1.31. The second-order valence-electron chi connectivity index (χ2n) is 2.62. The van der Waals surface area contributed by atoms with Gasteiger partial charge >= 0.3 is 5.97 Å². The van der Waals surface area contributed by atoms with Crippen molar-refractivity contribution in [2.75, 3.05) is 7.11 Å². The zero-order valence-electron chi connectivity index (χ0n) is 7.76. The quantitative estimate of drug-likeness (QED) is 0.349. The zero-order chi connectivity index (χ0) is 11.4. The molecule has 0 N–H and O–H groups in total. The first-order valence-corrected chi connectivity index (χ1v) is 5.79. The Morgan fingerprint density at radius 2 is 2.07 bits per heavy atom. The number of rotatable bonds is 2. The maximum Gasteiger partial charge on any atom is 0.330 e. The first kappa shape index (κ1) is 12.8. The number of ether oxygens (including phenoxy) is 1. The largest absolute Gasteiger partial charge is 0.466 e. The molecule has 0 saturated carbocycles. The van der Waals surface area contributed by atoms with E-state index in [1.165, 1.54) is 13.2 Å². The molecule has 5 heteroatoms. The van der Waals surface area contributed by atoms with Gasteiger partial charge < -0.3 is 4.74 Å². The minimum atomic E-state index is -0.430. The van der Waals surface area contributed by atoms with E-state index >= 15 is 0 Å². The van der Waals surface area contributed by atoms with Gasteiger partial charge in [-0.2, -0.15) is 0 Å². The van der Waals surface area contributed by atoms with E-state index in [9.17, 15) is 4.79 Å². The van der Waals surface area contributed by atoms with Crippen LogP contribution in [0.2, 0.25) is 10.0 Å². The van der Waals surface area contributed by atoms with Crippen LogP contribution in [0, 0.1) is 3.57 Å². The lowest BCUT2D eigenvalue weighted by atomic mass is 10.2. The molecule has 2 nitrogen and oxygen atoms in total. The maximum absolute atomic E-state index is 10.9. The van der Waals surface area contributed by atoms with Crippen molar-refractivity contribution in [3.8, 4) is 0 Å². The van der Waals surface area contributed by atoms with Crippen LogP contribution in [0.15, 0.2) is 18.2 Å². The molecule has 0 radical (unpaired) electrons. The molecule has 0 aliphatic carbocycles. The van der Waals surface area contributed by atoms with Gasteiger partial charge in [-0.15, -0.1) is 0 Å². The Hall–Kier alpha value is -0.260. The lowest BCUT2D eigenvalue weighted by molar-refractivity contribution is -0.134. The summed E-state index contributed by atoms with van der Waals surface area (Å²) < 4.78 is 5.33. The van der Waals surface area contributed by atoms with Crippen LogP contribution in [-0.2, 0) is 9.53 Å². The van der Waals surface area contributed by atoms with Crippen LogP contribution in [0.1, 0.15) is 5.56 Å². The van der Waals surface area contributed by atoms with Gasteiger partial charge in [-0.3, -0.25) is 0 Å². The molecule has 0 saturated heterocycles. The number of esters is 1. The molecule has 0 fully saturated rings. The highest BCUT2D eigenvalue weighted by molar-refractivity contribution is 14.1. The maximum atomic E-state index is 10.9. The highest BCUT2D eigenvalue weighted by Crippen LogP contribution is 2.31. The summed E-state index contributed by atoms with van der Waals surface area (Å²) in [4.78, 5) is 10.9. The van der Waals surface area contributed by atoms with Crippen LogP contribution in [0.5, 0.6) is 0 Å². The fraction of sp³-hybridized carbons (Fsp3) is 0.100. The van der Waals surface area contributed by atoms with E-state index in [-0.39, 0.29) is 0 Å². The Balaban J connectivity index is 3.02. The number of hydrogen-bond donors (Lipinski definition) is 0. The lowest BCUT2D eigenvalue weighted by Gasteiger charge is -2.02. The predicted octanol–water partition coefficient (Wildman–Crippen LogP) is 3.78. The molecule has 0 aromatic heterocycles. The molecule has 1 aromatic carbocycles. The molecular weight excluding hydrogens is 350 g/mol. The van der Waals surface area contributed by atoms with Crippen molar-refractivity contribution in [2.24, 2.45) is 0 Å². The molecule has 0 aliphatic rings. The summed E-state index contributed by atoms with van der Waals surface area (Å²) in [6.07, 6.45) is 2.86. The van der Waals surface area contributed by atoms with Crippen molar-refractivity contribution < 1.29 is 9.53 Å². The van der Waals surface area contributed by atoms with Gasteiger partial charge in [-0.05, 0) is 40.3 Å². The first-order valence-electron chi connectivity index (χ1n) is 3.95. The smallest absolute Gasteiger partial charge is 0.330 e. The van der Waals surface area contributed by atoms with E-state index in [2.05, 4.69) is 27.3 Å². The number of carbonyl (C=O) groups is 1. The number of halogens is 3. The summed E-state index contributed by atoms with van der Waals surface area (Å²) in [5.41, 5.74) is 0.687. The molecule has 0 heterocycles. The topological polar surface area (TPSA) is 26.3 Å². The van der Waals surface area contributed by atoms with Crippen LogP contribution in [0.25, 0.3) is 6.08 Å². The third kappa shape index (κ3) is 3.36. The molecular formula is C10H7Cl2IO2. The molecule has 1 aromatic rings. The molecule has 0 aliphatic heterocycles. The Morgan fingerprint density at radius 1 is 1.40 bits per heavy atom. The fourth-order valence-electron chi connectivity index (χ4n) is 0.895. The summed E-state index contributed by atoms with van der Waals surface area (Å²) in [6.45, 7) is 0. The fourth-order valence-corrected chi connectivity index (χ4v) is 1.90. The summed E-state index contributed by atoms with van der Waals surface area (Å²) in [6, 6.07) is 3.61. The van der Waals surface area contributed by atoms with Gasteiger partial charge in [0.2, 0.25) is 0 Å². The summed E-state index contributed by atoms with van der Waals surface area (Å²) in [5.74, 6) is -0.430. The Morgan fingerprint density at radius 3 is 2.67 bits per heavy atom. The SMILES string of the molecule is COC(=O)/C=C/c1ccc(I)c(Cl)c1Cl. The molecule has 0 amide bonds. The van der Waals surface area contributed by atoms with Gasteiger partial charge in [0, 0.05) is 9.65 Å². The van der Waals surface area contributed by atoms with Crippen LogP contribution in [0.4, 0.5) is 0 Å². The Bertz CT molecular complexity index is 416. The van der Waals surface area contributed by atoms with Crippen LogP contribution in [-0.4, -0.2) is 13.1 Å². The van der Waals surface area contributed by atoms with E-state index < -0.39 is 5.97 Å². The van der Waals surface area contributed by atoms with Gasteiger partial charge in [0.1, 0.15) is 0 Å². The van der Waals surface area contributed by atoms with Crippen molar-refractivity contribution in [2.45, 2.75) is 0 Å². The minimum absolute atomic E-state index is 0.430. The third-order valence-electron chi connectivity index (χ3n) is 1.67. The van der Waals surface area contributed by atoms with E-state index in [1.54, 1.807) is 12.1 Å². The Kier molecular flexibility index (Phi) is 4.89. The molecule has 0 unspecified atom stereocenters. The highest BCUT2D eigenvalue weighted by Gasteiger charge is 2.06. The molecule has 1 rings (SSSR count). The highest BCUT2D eigenvalue weighted by atomic mass is 127. The van der Waals surface area contributed by atoms with E-state index in [0.29, 0.717) is 15.6 Å². The molecule has 0 atom stereocenters. The standard InChI is InChI=1S/C10H7Cl2IO2/c1-15-8(14)5-3-6-2-4-7(13)10(12)9(6)11/h2-5H,1H3/b5-3+. The Labute approximate surface area is 111 Å². The molecule has 0 spiro atoms. The van der Waals surface area contributed by atoms with Gasteiger partial charge in [-0.25, -0.2) is 4.79 Å². The number of carbonyl (C=O) groups excluding carboxylic acids is 1. The first-order chi connectivity index (χ1) is 7.06. The summed E-state index contributed by atoms with van der Waals surface area (Å²) in [5, 5.41) is 0.924. The van der Waals surface area contributed by atoms with Crippen molar-refractivity contribution in [1.29, 1.82) is 0 Å². The average molecular weight is 357 g/mol. The number of benzene rings is 1. The predicted molar refractivity (Wildman–Crippen MR) is 70.2 cm³/mol. The van der Waals surface area contributed by atoms with Crippen molar-refractivity contribution >= 4 is 57.8 Å². The van der Waals surface area contributed by atoms with E-state index in [1.807, 2.05) is 6.07 Å². The minimum Gasteiger partial charge on any atom is -0.466 e. The van der Waals surface area contributed by atoms with Gasteiger partial charge in [0.25, 0.3) is 0 Å². The van der Waals surface area contributed by atoms with Crippen molar-refractivity contribution in [1.82, 2.24) is 0 Å². The van der Waals surface area contributed by atoms with Gasteiger partial charge in [0.05, 0.1) is 17.2 Å². The lowest BCUT2D eigenvalue weighted by Crippen LogP contribution is -1.93. The summed E-state index contributed by atoms with van der Waals surface area (Å²) >= 11 is 14.0. The van der Waals surface area contributed by atoms with Crippen LogP contribution >= 0.6 is 45.8 Å². The van der Waals surface area contributed by atoms with Gasteiger partial charge in [-0.1, -0.05) is 29.3 Å². The van der Waals surface area contributed by atoms with E-state index in [0.717, 1.165) is 3.57 Å². The van der Waals surface area contributed by atoms with Crippen molar-refractivity contribution in [3.05, 3.63) is 37.4 Å². The average Bonchev–Trinajstić information content (AvgIpc) is 2.24. The monoisotopic (exact) mass is 356 g/mol. The molecule has 15 heavy (non-hydrogen) atoms. The third-order valence-corrected chi connectivity index (χ3v) is 3.78. The second-order valence-corrected chi connectivity index (χ2v) is 4.54. The number of methoxy groups -OCH3 is 1. The van der Waals surface area contributed by atoms with Gasteiger partial charge in [0.15, 0.2) is 0 Å². The van der Waals surface area contributed by atoms with Crippen LogP contribution < -0.4 is 0 Å². The van der Waals surface area contributed by atoms with Crippen LogP contribution in [0.3, 0.4) is 0 Å². The molecule has 0 bridgehead atoms. The zero-order valence-corrected chi connectivity index (χ0v) is 11.4. The van der Waals surface area contributed by atoms with Crippen molar-refractivity contribution in [3.63, 3.8) is 0 Å². The second kappa shape index (κ2) is 5.72. The number of hydrogen-bond acceptors (Lipinski definition) is 2. The molecule has 80 valence electrons.